The molecule has 0 spiro atoms. The van der Waals surface area contributed by atoms with Crippen molar-refractivity contribution in [3.63, 3.8) is 0 Å². The van der Waals surface area contributed by atoms with Gasteiger partial charge < -0.3 is 10.1 Å². The van der Waals surface area contributed by atoms with E-state index in [2.05, 4.69) is 24.4 Å². The molecule has 0 aliphatic rings. The fraction of sp³-hybridized carbons (Fsp3) is 0.333. The Morgan fingerprint density at radius 2 is 1.79 bits per heavy atom. The minimum absolute atomic E-state index is 0.105. The minimum Gasteiger partial charge on any atom is -0.488 e. The van der Waals surface area contributed by atoms with E-state index in [1.54, 1.807) is 12.1 Å². The van der Waals surface area contributed by atoms with Gasteiger partial charge >= 0.3 is 0 Å². The van der Waals surface area contributed by atoms with Crippen molar-refractivity contribution < 1.29 is 9.13 Å². The van der Waals surface area contributed by atoms with Crippen LogP contribution in [-0.4, -0.2) is 6.54 Å². The van der Waals surface area contributed by atoms with Crippen molar-refractivity contribution in [2.45, 2.75) is 45.8 Å². The van der Waals surface area contributed by atoms with Gasteiger partial charge in [-0.15, -0.1) is 0 Å². The fourth-order valence-electron chi connectivity index (χ4n) is 3.34. The molecule has 0 saturated heterocycles. The van der Waals surface area contributed by atoms with Crippen LogP contribution >= 0.6 is 11.6 Å². The zero-order valence-electron chi connectivity index (χ0n) is 16.3. The summed E-state index contributed by atoms with van der Waals surface area (Å²) in [5, 5.41) is 6.24. The number of ether oxygens (including phenoxy) is 1. The second-order valence-electron chi connectivity index (χ2n) is 6.99. The number of fused-ring (bicyclic) bond motifs is 1. The number of hydrogen-bond donors (Lipinski definition) is 1. The second-order valence-corrected chi connectivity index (χ2v) is 7.40. The topological polar surface area (TPSA) is 21.3 Å². The summed E-state index contributed by atoms with van der Waals surface area (Å²) < 4.78 is 20.1. The van der Waals surface area contributed by atoms with E-state index in [4.69, 9.17) is 16.3 Å². The fourth-order valence-corrected chi connectivity index (χ4v) is 3.56. The molecule has 0 heterocycles. The molecule has 0 fully saturated rings. The van der Waals surface area contributed by atoms with Crippen LogP contribution in [0.15, 0.2) is 54.6 Å². The average molecular weight is 400 g/mol. The predicted molar refractivity (Wildman–Crippen MR) is 116 cm³/mol. The van der Waals surface area contributed by atoms with E-state index in [9.17, 15) is 4.39 Å². The van der Waals surface area contributed by atoms with Crippen LogP contribution in [0.2, 0.25) is 5.02 Å². The molecule has 148 valence electrons. The molecule has 3 aromatic carbocycles. The Labute approximate surface area is 171 Å². The summed E-state index contributed by atoms with van der Waals surface area (Å²) in [7, 11) is 0. The standard InChI is InChI=1S/C24H27ClFNO/c1-2-3-4-7-15-27-16-20-19-10-6-5-9-18(19)13-14-24(20)28-17-21-22(25)11-8-12-23(21)26/h5-6,8-14,27H,2-4,7,15-17H2,1H3. The summed E-state index contributed by atoms with van der Waals surface area (Å²) in [6, 6.07) is 17.0. The van der Waals surface area contributed by atoms with Gasteiger partial charge in [0.2, 0.25) is 0 Å². The van der Waals surface area contributed by atoms with Gasteiger partial charge in [0.25, 0.3) is 0 Å². The number of hydrogen-bond acceptors (Lipinski definition) is 2. The van der Waals surface area contributed by atoms with Crippen molar-refractivity contribution >= 4 is 22.4 Å². The first-order valence-corrected chi connectivity index (χ1v) is 10.4. The number of halogens is 2. The third kappa shape index (κ3) is 5.24. The van der Waals surface area contributed by atoms with Crippen LogP contribution in [0.1, 0.15) is 43.7 Å². The van der Waals surface area contributed by atoms with Gasteiger partial charge in [-0.25, -0.2) is 4.39 Å². The molecule has 1 N–H and O–H groups in total. The van der Waals surface area contributed by atoms with Gasteiger partial charge in [-0.1, -0.05) is 74.2 Å². The summed E-state index contributed by atoms with van der Waals surface area (Å²) in [6.45, 7) is 4.01. The molecule has 0 saturated carbocycles. The van der Waals surface area contributed by atoms with Gasteiger partial charge in [0, 0.05) is 17.7 Å². The second kappa shape index (κ2) is 10.4. The van der Waals surface area contributed by atoms with Crippen LogP contribution in [-0.2, 0) is 13.2 Å². The Morgan fingerprint density at radius 1 is 0.929 bits per heavy atom. The molecule has 4 heteroatoms. The van der Waals surface area contributed by atoms with Crippen molar-refractivity contribution in [3.8, 4) is 5.75 Å². The Hall–Kier alpha value is -2.10. The molecule has 0 unspecified atom stereocenters. The van der Waals surface area contributed by atoms with E-state index in [1.165, 1.54) is 37.1 Å². The molecule has 0 atom stereocenters. The lowest BCUT2D eigenvalue weighted by atomic mass is 10.0. The Kier molecular flexibility index (Phi) is 7.70. The highest BCUT2D eigenvalue weighted by molar-refractivity contribution is 6.31. The maximum atomic E-state index is 14.1. The third-order valence-corrected chi connectivity index (χ3v) is 5.29. The Bertz CT molecular complexity index is 892. The molecule has 0 aliphatic heterocycles. The van der Waals surface area contributed by atoms with E-state index in [-0.39, 0.29) is 12.4 Å². The van der Waals surface area contributed by atoms with E-state index in [0.717, 1.165) is 23.2 Å². The molecule has 0 radical (unpaired) electrons. The molecule has 0 bridgehead atoms. The van der Waals surface area contributed by atoms with Gasteiger partial charge in [-0.2, -0.15) is 0 Å². The third-order valence-electron chi connectivity index (χ3n) is 4.94. The largest absolute Gasteiger partial charge is 0.488 e. The van der Waals surface area contributed by atoms with E-state index >= 15 is 0 Å². The lowest BCUT2D eigenvalue weighted by Crippen LogP contribution is -2.16. The van der Waals surface area contributed by atoms with Crippen LogP contribution in [0.25, 0.3) is 10.8 Å². The highest BCUT2D eigenvalue weighted by atomic mass is 35.5. The molecule has 0 aliphatic carbocycles. The van der Waals surface area contributed by atoms with Gasteiger partial charge in [0.05, 0.1) is 5.02 Å². The molecule has 2 nitrogen and oxygen atoms in total. The number of rotatable bonds is 10. The molecule has 0 aromatic heterocycles. The van der Waals surface area contributed by atoms with E-state index in [0.29, 0.717) is 17.1 Å². The SMILES string of the molecule is CCCCCCNCc1c(OCc2c(F)cccc2Cl)ccc2ccccc12. The highest BCUT2D eigenvalue weighted by Gasteiger charge is 2.12. The lowest BCUT2D eigenvalue weighted by Gasteiger charge is -2.16. The molecular formula is C24H27ClFNO. The van der Waals surface area contributed by atoms with E-state index < -0.39 is 0 Å². The van der Waals surface area contributed by atoms with Gasteiger partial charge in [-0.3, -0.25) is 0 Å². The normalized spacial score (nSPS) is 11.1. The molecule has 0 amide bonds. The van der Waals surface area contributed by atoms with Crippen LogP contribution < -0.4 is 10.1 Å². The summed E-state index contributed by atoms with van der Waals surface area (Å²) in [5.74, 6) is 0.419. The first kappa shape index (κ1) is 20.6. The van der Waals surface area contributed by atoms with Crippen molar-refractivity contribution in [3.05, 3.63) is 76.6 Å². The number of benzene rings is 3. The van der Waals surface area contributed by atoms with E-state index in [1.807, 2.05) is 24.3 Å². The van der Waals surface area contributed by atoms with Crippen molar-refractivity contribution in [2.24, 2.45) is 0 Å². The zero-order valence-corrected chi connectivity index (χ0v) is 17.1. The van der Waals surface area contributed by atoms with Crippen molar-refractivity contribution in [1.29, 1.82) is 0 Å². The molecular weight excluding hydrogens is 373 g/mol. The summed E-state index contributed by atoms with van der Waals surface area (Å²) in [6.07, 6.45) is 4.92. The van der Waals surface area contributed by atoms with Gasteiger partial charge in [0.15, 0.2) is 0 Å². The van der Waals surface area contributed by atoms with Gasteiger partial charge in [0.1, 0.15) is 18.2 Å². The van der Waals surface area contributed by atoms with Crippen LogP contribution in [0.4, 0.5) is 4.39 Å². The number of nitrogens with one attached hydrogen (secondary N) is 1. The predicted octanol–water partition coefficient (Wildman–Crippen LogP) is 6.88. The van der Waals surface area contributed by atoms with Crippen LogP contribution in [0.5, 0.6) is 5.75 Å². The van der Waals surface area contributed by atoms with Crippen LogP contribution in [0, 0.1) is 5.82 Å². The Morgan fingerprint density at radius 3 is 2.61 bits per heavy atom. The summed E-state index contributed by atoms with van der Waals surface area (Å²) in [4.78, 5) is 0. The van der Waals surface area contributed by atoms with Crippen LogP contribution in [0.3, 0.4) is 0 Å². The van der Waals surface area contributed by atoms with Gasteiger partial charge in [-0.05, 0) is 41.9 Å². The van der Waals surface area contributed by atoms with Crippen molar-refractivity contribution in [2.75, 3.05) is 6.54 Å². The summed E-state index contributed by atoms with van der Waals surface area (Å²) >= 11 is 6.14. The summed E-state index contributed by atoms with van der Waals surface area (Å²) in [5.41, 5.74) is 1.48. The Balaban J connectivity index is 1.77. The molecule has 3 aromatic rings. The first-order chi connectivity index (χ1) is 13.7. The maximum Gasteiger partial charge on any atom is 0.131 e. The molecule has 3 rings (SSSR count). The number of unbranched alkanes of at least 4 members (excludes halogenated alkanes) is 3. The minimum atomic E-state index is -0.344. The quantitative estimate of drug-likeness (QED) is 0.375. The maximum absolute atomic E-state index is 14.1. The zero-order chi connectivity index (χ0) is 19.8. The highest BCUT2D eigenvalue weighted by Crippen LogP contribution is 2.30. The van der Waals surface area contributed by atoms with Crippen molar-refractivity contribution in [1.82, 2.24) is 5.32 Å². The average Bonchev–Trinajstić information content (AvgIpc) is 2.71. The smallest absolute Gasteiger partial charge is 0.131 e. The lowest BCUT2D eigenvalue weighted by molar-refractivity contribution is 0.296. The first-order valence-electron chi connectivity index (χ1n) is 9.97. The monoisotopic (exact) mass is 399 g/mol. The molecule has 28 heavy (non-hydrogen) atoms.